The molecule has 0 radical (unpaired) electrons. The van der Waals surface area contributed by atoms with Gasteiger partial charge in [-0.2, -0.15) is 0 Å². The molecule has 0 fully saturated rings. The Balaban J connectivity index is 1.44. The molecule has 0 saturated heterocycles. The number of hydrogen-bond acceptors (Lipinski definition) is 12. The van der Waals surface area contributed by atoms with E-state index in [1.807, 2.05) is 18.2 Å². The molecular weight excluding hydrogens is 909 g/mol. The first-order chi connectivity index (χ1) is 33.1. The average Bonchev–Trinajstić information content (AvgIpc) is 3.98. The maximum absolute atomic E-state index is 14.1. The van der Waals surface area contributed by atoms with E-state index in [9.17, 15) is 53.4 Å². The molecule has 0 aliphatic heterocycles. The number of nitrogens with one attached hydrogen (secondary N) is 9. The van der Waals surface area contributed by atoms with Crippen LogP contribution in [0.25, 0.3) is 10.9 Å². The summed E-state index contributed by atoms with van der Waals surface area (Å²) in [6, 6.07) is 4.33. The zero-order valence-electron chi connectivity index (χ0n) is 39.7. The molecule has 0 aliphatic rings. The molecule has 23 heteroatoms. The quantitative estimate of drug-likeness (QED) is 0.0343. The Bertz CT molecular complexity index is 2460. The summed E-state index contributed by atoms with van der Waals surface area (Å²) in [4.78, 5) is 128. The second-order valence-corrected chi connectivity index (χ2v) is 17.8. The van der Waals surface area contributed by atoms with E-state index < -0.39 is 108 Å². The minimum Gasteiger partial charge on any atom is -0.508 e. The van der Waals surface area contributed by atoms with E-state index >= 15 is 0 Å². The molecule has 23 nitrogen and oxygen atoms in total. The van der Waals surface area contributed by atoms with Crippen LogP contribution in [0.5, 0.6) is 5.75 Å². The number of amides is 8. The molecule has 378 valence electrons. The van der Waals surface area contributed by atoms with Crippen LogP contribution < -0.4 is 48.7 Å². The molecule has 2 aromatic carbocycles. The summed E-state index contributed by atoms with van der Waals surface area (Å²) in [5.74, 6) is -8.15. The van der Waals surface area contributed by atoms with E-state index in [1.165, 1.54) is 31.6 Å². The molecule has 70 heavy (non-hydrogen) atoms. The number of primary amides is 1. The topological polar surface area (TPSA) is 375 Å². The number of nitrogens with zero attached hydrogens (tertiary/aromatic N) is 1. The van der Waals surface area contributed by atoms with Gasteiger partial charge in [-0.3, -0.25) is 38.4 Å². The summed E-state index contributed by atoms with van der Waals surface area (Å²) in [6.07, 6.45) is 3.90. The van der Waals surface area contributed by atoms with E-state index in [0.717, 1.165) is 10.9 Å². The van der Waals surface area contributed by atoms with Gasteiger partial charge in [0.15, 0.2) is 0 Å². The van der Waals surface area contributed by atoms with E-state index in [1.54, 1.807) is 52.1 Å². The van der Waals surface area contributed by atoms with Crippen molar-refractivity contribution in [3.63, 3.8) is 0 Å². The number of fused-ring (bicyclic) bond motifs is 1. The van der Waals surface area contributed by atoms with E-state index in [2.05, 4.69) is 52.2 Å². The van der Waals surface area contributed by atoms with Gasteiger partial charge in [-0.1, -0.05) is 58.0 Å². The molecule has 2 heterocycles. The Morgan fingerprint density at radius 3 is 1.94 bits per heavy atom. The Kier molecular flexibility index (Phi) is 20.4. The van der Waals surface area contributed by atoms with Crippen molar-refractivity contribution in [1.82, 2.24) is 52.2 Å². The molecule has 0 bridgehead atoms. The fourth-order valence-corrected chi connectivity index (χ4v) is 7.32. The lowest BCUT2D eigenvalue weighted by Crippen LogP contribution is -2.59. The molecule has 4 aromatic rings. The molecule has 0 spiro atoms. The summed E-state index contributed by atoms with van der Waals surface area (Å²) < 4.78 is 0. The number of rotatable bonds is 27. The number of aromatic amines is 2. The van der Waals surface area contributed by atoms with Crippen molar-refractivity contribution in [2.24, 2.45) is 23.3 Å². The first-order valence-electron chi connectivity index (χ1n) is 22.8. The van der Waals surface area contributed by atoms with Gasteiger partial charge in [0.2, 0.25) is 47.3 Å². The van der Waals surface area contributed by atoms with Crippen LogP contribution in [0.3, 0.4) is 0 Å². The first-order valence-corrected chi connectivity index (χ1v) is 22.8. The van der Waals surface area contributed by atoms with Gasteiger partial charge in [0.05, 0.1) is 18.9 Å². The van der Waals surface area contributed by atoms with Gasteiger partial charge in [-0.05, 0) is 67.3 Å². The number of aliphatic carboxylic acids is 1. The molecule has 0 saturated carbocycles. The predicted molar refractivity (Wildman–Crippen MR) is 255 cm³/mol. The number of phenolic OH excluding ortho intramolecular Hbond substituents is 1. The summed E-state index contributed by atoms with van der Waals surface area (Å²) in [6.45, 7) is 7.58. The second-order valence-electron chi connectivity index (χ2n) is 17.8. The smallest absolute Gasteiger partial charge is 0.326 e. The van der Waals surface area contributed by atoms with Crippen molar-refractivity contribution >= 4 is 64.1 Å². The van der Waals surface area contributed by atoms with Gasteiger partial charge < -0.3 is 68.9 Å². The van der Waals surface area contributed by atoms with Crippen molar-refractivity contribution in [3.8, 4) is 5.75 Å². The van der Waals surface area contributed by atoms with Crippen molar-refractivity contribution in [2.75, 3.05) is 6.54 Å². The van der Waals surface area contributed by atoms with Crippen LogP contribution in [-0.2, 0) is 62.4 Å². The number of hydrogen-bond donors (Lipinski definition) is 13. The van der Waals surface area contributed by atoms with Gasteiger partial charge >= 0.3 is 5.97 Å². The minimum absolute atomic E-state index is 0.0171. The predicted octanol–water partition coefficient (Wildman–Crippen LogP) is -0.951. The normalized spacial score (nSPS) is 14.2. The van der Waals surface area contributed by atoms with Crippen LogP contribution in [0.15, 0.2) is 67.3 Å². The van der Waals surface area contributed by atoms with Crippen LogP contribution in [0.2, 0.25) is 0 Å². The maximum Gasteiger partial charge on any atom is 0.326 e. The average molecular weight is 973 g/mol. The highest BCUT2D eigenvalue weighted by Gasteiger charge is 2.33. The van der Waals surface area contributed by atoms with Crippen LogP contribution in [0.4, 0.5) is 0 Å². The van der Waals surface area contributed by atoms with Gasteiger partial charge in [-0.15, -0.1) is 0 Å². The number of benzene rings is 2. The molecule has 7 atom stereocenters. The van der Waals surface area contributed by atoms with Crippen LogP contribution in [0, 0.1) is 11.8 Å². The van der Waals surface area contributed by atoms with Crippen LogP contribution in [0.1, 0.15) is 70.7 Å². The van der Waals surface area contributed by atoms with Crippen molar-refractivity contribution in [3.05, 3.63) is 84.1 Å². The third-order valence-electron chi connectivity index (χ3n) is 11.1. The number of carbonyl (C=O) groups is 9. The number of aromatic nitrogens is 3. The van der Waals surface area contributed by atoms with E-state index in [0.29, 0.717) is 16.8 Å². The minimum atomic E-state index is -1.38. The van der Waals surface area contributed by atoms with Gasteiger partial charge in [-0.25, -0.2) is 9.78 Å². The molecule has 0 unspecified atom stereocenters. The third-order valence-corrected chi connectivity index (χ3v) is 11.1. The second kappa shape index (κ2) is 26.1. The SMILES string of the molecule is CC(C)C[C@H](NC(=O)[C@H](Cc1cnc[nH]1)NC(=O)CNC(=O)[C@@H](NC(=O)[C@H](C)NC(=O)[C@H](Cc1c[nH]c2ccccc12)NC(=O)[C@H](CCC(N)=O)NC(=O)[C@@H](N)Cc1ccc(O)cc1)C(C)C)C(=O)O. The Hall–Kier alpha value is -7.82. The largest absolute Gasteiger partial charge is 0.508 e. The molecule has 4 rings (SSSR count). The zero-order chi connectivity index (χ0) is 51.7. The molecule has 8 amide bonds. The summed E-state index contributed by atoms with van der Waals surface area (Å²) in [7, 11) is 0. The standard InChI is InChI=1S/C47H64N12O11/c1-24(2)16-37(47(69)70)58-45(67)36(19-29-21-50-23-53-29)55-39(62)22-52-46(68)40(25(3)4)59-41(63)26(5)54-44(66)35(18-28-20-51-33-9-7-6-8-31(28)33)57-43(65)34(14-15-38(49)61)56-42(64)32(48)17-27-10-12-30(60)13-11-27/h6-13,20-21,23-26,32,34-37,40,51,60H,14-19,22,48H2,1-5H3,(H2,49,61)(H,50,53)(H,52,68)(H,54,66)(H,55,62)(H,56,64)(H,57,65)(H,58,67)(H,59,63)(H,69,70)/t26-,32-,34-,35-,36-,37-,40-/m0/s1. The molecule has 15 N–H and O–H groups in total. The Morgan fingerprint density at radius 2 is 1.31 bits per heavy atom. The Labute approximate surface area is 403 Å². The lowest BCUT2D eigenvalue weighted by Gasteiger charge is -2.26. The third kappa shape index (κ3) is 17.1. The highest BCUT2D eigenvalue weighted by Crippen LogP contribution is 2.20. The van der Waals surface area contributed by atoms with Gasteiger partial charge in [0.25, 0.3) is 0 Å². The number of nitrogens with two attached hydrogens (primary N) is 2. The van der Waals surface area contributed by atoms with E-state index in [-0.39, 0.29) is 50.2 Å². The fraction of sp³-hybridized carbons (Fsp3) is 0.447. The number of phenols is 1. The first kappa shape index (κ1) is 54.8. The number of H-pyrrole nitrogens is 2. The number of carboxylic acid groups (broad SMARTS) is 1. The number of aromatic hydroxyl groups is 1. The number of carbonyl (C=O) groups excluding carboxylic acids is 8. The van der Waals surface area contributed by atoms with Crippen molar-refractivity contribution in [2.45, 2.75) is 115 Å². The Morgan fingerprint density at radius 1 is 0.686 bits per heavy atom. The highest BCUT2D eigenvalue weighted by atomic mass is 16.4. The summed E-state index contributed by atoms with van der Waals surface area (Å²) in [5.41, 5.74) is 14.0. The van der Waals surface area contributed by atoms with Crippen molar-refractivity contribution in [1.29, 1.82) is 0 Å². The van der Waals surface area contributed by atoms with Gasteiger partial charge in [0.1, 0.15) is 42.0 Å². The fourth-order valence-electron chi connectivity index (χ4n) is 7.32. The lowest BCUT2D eigenvalue weighted by molar-refractivity contribution is -0.142. The molecule has 0 aliphatic carbocycles. The zero-order valence-corrected chi connectivity index (χ0v) is 39.7. The molecular formula is C47H64N12O11. The highest BCUT2D eigenvalue weighted by molar-refractivity contribution is 5.97. The number of para-hydroxylation sites is 1. The maximum atomic E-state index is 14.1. The number of imidazole rings is 1. The van der Waals surface area contributed by atoms with E-state index in [4.69, 9.17) is 11.5 Å². The van der Waals surface area contributed by atoms with Gasteiger partial charge in [0, 0.05) is 48.3 Å². The van der Waals surface area contributed by atoms with Crippen LogP contribution in [-0.4, -0.2) is 127 Å². The number of carboxylic acids is 1. The monoisotopic (exact) mass is 972 g/mol. The lowest BCUT2D eigenvalue weighted by atomic mass is 10.0. The summed E-state index contributed by atoms with van der Waals surface area (Å²) >= 11 is 0. The van der Waals surface area contributed by atoms with Crippen LogP contribution >= 0.6 is 0 Å². The molecule has 2 aromatic heterocycles. The van der Waals surface area contributed by atoms with Crippen molar-refractivity contribution < 1.29 is 53.4 Å². The summed E-state index contributed by atoms with van der Waals surface area (Å²) in [5, 5.41) is 37.9.